The third-order valence-electron chi connectivity index (χ3n) is 3.27. The molecular weight excluding hydrogens is 242 g/mol. The van der Waals surface area contributed by atoms with Crippen LogP contribution in [0.2, 0.25) is 0 Å². The fourth-order valence-corrected chi connectivity index (χ4v) is 2.19. The van der Waals surface area contributed by atoms with Crippen molar-refractivity contribution in [2.45, 2.75) is 51.9 Å². The normalized spacial score (nSPS) is 20.9. The van der Waals surface area contributed by atoms with Gasteiger partial charge < -0.3 is 14.8 Å². The smallest absolute Gasteiger partial charge is 0.157 e. The molecule has 1 aliphatic rings. The van der Waals surface area contributed by atoms with E-state index in [0.717, 1.165) is 25.4 Å². The maximum Gasteiger partial charge on any atom is 0.157 e. The minimum Gasteiger partial charge on any atom is -0.486 e. The molecular formula is C14H25N3O2. The summed E-state index contributed by atoms with van der Waals surface area (Å²) < 4.78 is 13.3. The Morgan fingerprint density at radius 3 is 3.00 bits per heavy atom. The lowest BCUT2D eigenvalue weighted by Crippen LogP contribution is -2.34. The van der Waals surface area contributed by atoms with Gasteiger partial charge in [0.25, 0.3) is 0 Å². The fraction of sp³-hybridized carbons (Fsp3) is 0.786. The van der Waals surface area contributed by atoms with Gasteiger partial charge in [-0.3, -0.25) is 4.68 Å². The second kappa shape index (κ2) is 6.91. The lowest BCUT2D eigenvalue weighted by atomic mass is 10.2. The molecule has 1 aromatic heterocycles. The van der Waals surface area contributed by atoms with Gasteiger partial charge in [0.2, 0.25) is 0 Å². The van der Waals surface area contributed by atoms with Crippen molar-refractivity contribution in [3.8, 4) is 5.75 Å². The minimum atomic E-state index is 0.131. The van der Waals surface area contributed by atoms with Crippen molar-refractivity contribution in [2.24, 2.45) is 0 Å². The number of hydrogen-bond donors (Lipinski definition) is 1. The Balaban J connectivity index is 1.66. The average Bonchev–Trinajstić information content (AvgIpc) is 3.00. The highest BCUT2D eigenvalue weighted by atomic mass is 16.5. The number of hydrogen-bond acceptors (Lipinski definition) is 4. The standard InChI is InChI=1S/C14H25N3O2/c1-11(2)17-10-14(9-16-17)19-12(3)7-15-8-13-5-4-6-18-13/h9-13,15H,4-8H2,1-3H3. The van der Waals surface area contributed by atoms with Gasteiger partial charge in [-0.2, -0.15) is 5.10 Å². The van der Waals surface area contributed by atoms with Crippen molar-refractivity contribution in [1.29, 1.82) is 0 Å². The zero-order chi connectivity index (χ0) is 13.7. The van der Waals surface area contributed by atoms with E-state index in [9.17, 15) is 0 Å². The molecule has 0 bridgehead atoms. The lowest BCUT2D eigenvalue weighted by molar-refractivity contribution is 0.106. The number of aromatic nitrogens is 2. The van der Waals surface area contributed by atoms with Crippen LogP contribution in [0, 0.1) is 0 Å². The first kappa shape index (κ1) is 14.3. The van der Waals surface area contributed by atoms with E-state index in [1.807, 2.05) is 10.9 Å². The quantitative estimate of drug-likeness (QED) is 0.821. The van der Waals surface area contributed by atoms with Crippen LogP contribution in [-0.4, -0.2) is 41.7 Å². The van der Waals surface area contributed by atoms with Gasteiger partial charge in [-0.1, -0.05) is 0 Å². The zero-order valence-electron chi connectivity index (χ0n) is 12.1. The Labute approximate surface area is 115 Å². The van der Waals surface area contributed by atoms with Crippen LogP contribution in [0.5, 0.6) is 5.75 Å². The van der Waals surface area contributed by atoms with Crippen molar-refractivity contribution in [1.82, 2.24) is 15.1 Å². The van der Waals surface area contributed by atoms with Crippen molar-refractivity contribution in [3.05, 3.63) is 12.4 Å². The van der Waals surface area contributed by atoms with Crippen molar-refractivity contribution in [3.63, 3.8) is 0 Å². The van der Waals surface area contributed by atoms with Gasteiger partial charge in [0.05, 0.1) is 18.5 Å². The topological polar surface area (TPSA) is 48.3 Å². The van der Waals surface area contributed by atoms with Gasteiger partial charge in [-0.15, -0.1) is 0 Å². The summed E-state index contributed by atoms with van der Waals surface area (Å²) in [5.74, 6) is 0.833. The summed E-state index contributed by atoms with van der Waals surface area (Å²) >= 11 is 0. The van der Waals surface area contributed by atoms with Crippen LogP contribution in [-0.2, 0) is 4.74 Å². The molecule has 0 spiro atoms. The largest absolute Gasteiger partial charge is 0.486 e. The summed E-state index contributed by atoms with van der Waals surface area (Å²) in [6.45, 7) is 8.92. The van der Waals surface area contributed by atoms with Gasteiger partial charge in [0.15, 0.2) is 5.75 Å². The summed E-state index contributed by atoms with van der Waals surface area (Å²) in [5.41, 5.74) is 0. The number of nitrogens with one attached hydrogen (secondary N) is 1. The molecule has 0 radical (unpaired) electrons. The van der Waals surface area contributed by atoms with E-state index in [2.05, 4.69) is 31.2 Å². The second-order valence-electron chi connectivity index (χ2n) is 5.47. The number of ether oxygens (including phenoxy) is 2. The molecule has 2 unspecified atom stereocenters. The molecule has 1 fully saturated rings. The molecule has 108 valence electrons. The molecule has 1 aromatic rings. The van der Waals surface area contributed by atoms with Crippen LogP contribution in [0.25, 0.3) is 0 Å². The summed E-state index contributed by atoms with van der Waals surface area (Å²) in [5, 5.41) is 7.66. The highest BCUT2D eigenvalue weighted by molar-refractivity contribution is 5.12. The van der Waals surface area contributed by atoms with E-state index >= 15 is 0 Å². The Morgan fingerprint density at radius 1 is 1.53 bits per heavy atom. The summed E-state index contributed by atoms with van der Waals surface area (Å²) in [6.07, 6.45) is 6.59. The molecule has 2 heterocycles. The van der Waals surface area contributed by atoms with Crippen molar-refractivity contribution >= 4 is 0 Å². The Kier molecular flexibility index (Phi) is 5.22. The van der Waals surface area contributed by atoms with Gasteiger partial charge in [0.1, 0.15) is 6.10 Å². The molecule has 2 rings (SSSR count). The van der Waals surface area contributed by atoms with Gasteiger partial charge in [0, 0.05) is 25.7 Å². The Bertz CT molecular complexity index is 373. The monoisotopic (exact) mass is 267 g/mol. The zero-order valence-corrected chi connectivity index (χ0v) is 12.1. The van der Waals surface area contributed by atoms with Gasteiger partial charge in [-0.05, 0) is 33.6 Å². The molecule has 19 heavy (non-hydrogen) atoms. The van der Waals surface area contributed by atoms with E-state index in [1.165, 1.54) is 12.8 Å². The summed E-state index contributed by atoms with van der Waals surface area (Å²) in [7, 11) is 0. The lowest BCUT2D eigenvalue weighted by Gasteiger charge is -2.16. The minimum absolute atomic E-state index is 0.131. The molecule has 1 N–H and O–H groups in total. The van der Waals surface area contributed by atoms with E-state index in [0.29, 0.717) is 12.1 Å². The van der Waals surface area contributed by atoms with Gasteiger partial charge in [-0.25, -0.2) is 0 Å². The molecule has 5 heteroatoms. The summed E-state index contributed by atoms with van der Waals surface area (Å²) in [6, 6.07) is 0.366. The maximum atomic E-state index is 5.82. The molecule has 0 amide bonds. The first-order valence-corrected chi connectivity index (χ1v) is 7.18. The molecule has 2 atom stereocenters. The predicted molar refractivity (Wildman–Crippen MR) is 74.5 cm³/mol. The van der Waals surface area contributed by atoms with Crippen LogP contribution in [0.3, 0.4) is 0 Å². The number of nitrogens with zero attached hydrogens (tertiary/aromatic N) is 2. The fourth-order valence-electron chi connectivity index (χ4n) is 2.19. The first-order valence-electron chi connectivity index (χ1n) is 7.18. The Morgan fingerprint density at radius 2 is 2.37 bits per heavy atom. The van der Waals surface area contributed by atoms with E-state index in [4.69, 9.17) is 9.47 Å². The predicted octanol–water partition coefficient (Wildman–Crippen LogP) is 2.00. The van der Waals surface area contributed by atoms with Crippen LogP contribution < -0.4 is 10.1 Å². The van der Waals surface area contributed by atoms with Crippen LogP contribution in [0.1, 0.15) is 39.7 Å². The van der Waals surface area contributed by atoms with E-state index < -0.39 is 0 Å². The third-order valence-corrected chi connectivity index (χ3v) is 3.27. The molecule has 1 saturated heterocycles. The second-order valence-corrected chi connectivity index (χ2v) is 5.47. The molecule has 1 aliphatic heterocycles. The van der Waals surface area contributed by atoms with Crippen LogP contribution >= 0.6 is 0 Å². The van der Waals surface area contributed by atoms with Crippen molar-refractivity contribution < 1.29 is 9.47 Å². The maximum absolute atomic E-state index is 5.82. The third kappa shape index (κ3) is 4.51. The summed E-state index contributed by atoms with van der Waals surface area (Å²) in [4.78, 5) is 0. The highest BCUT2D eigenvalue weighted by Crippen LogP contribution is 2.14. The average molecular weight is 267 g/mol. The van der Waals surface area contributed by atoms with Crippen LogP contribution in [0.15, 0.2) is 12.4 Å². The molecule has 0 aromatic carbocycles. The Hall–Kier alpha value is -1.07. The molecule has 0 saturated carbocycles. The molecule has 5 nitrogen and oxygen atoms in total. The van der Waals surface area contributed by atoms with Crippen LogP contribution in [0.4, 0.5) is 0 Å². The van der Waals surface area contributed by atoms with Crippen molar-refractivity contribution in [2.75, 3.05) is 19.7 Å². The molecule has 0 aliphatic carbocycles. The van der Waals surface area contributed by atoms with E-state index in [1.54, 1.807) is 6.20 Å². The van der Waals surface area contributed by atoms with Gasteiger partial charge >= 0.3 is 0 Å². The SMILES string of the molecule is CC(CNCC1CCCO1)Oc1cnn(C(C)C)c1. The highest BCUT2D eigenvalue weighted by Gasteiger charge is 2.15. The number of rotatable bonds is 7. The van der Waals surface area contributed by atoms with E-state index in [-0.39, 0.29) is 6.10 Å². The first-order chi connectivity index (χ1) is 9.15.